The lowest BCUT2D eigenvalue weighted by Crippen LogP contribution is -2.11. The highest BCUT2D eigenvalue weighted by molar-refractivity contribution is 5.89. The number of allylic oxidation sites excluding steroid dienone is 1. The average Bonchev–Trinajstić information content (AvgIpc) is 2.34. The van der Waals surface area contributed by atoms with Crippen LogP contribution in [0.5, 0.6) is 0 Å². The number of nitrogens with zero attached hydrogens (tertiary/aromatic N) is 1. The molecule has 0 amide bonds. The van der Waals surface area contributed by atoms with Gasteiger partial charge in [0.2, 0.25) is 0 Å². The van der Waals surface area contributed by atoms with Crippen LogP contribution in [0.15, 0.2) is 17.3 Å². The number of hydrogen-bond acceptors (Lipinski definition) is 2. The van der Waals surface area contributed by atoms with Crippen molar-refractivity contribution >= 4 is 5.71 Å². The molecule has 0 saturated heterocycles. The summed E-state index contributed by atoms with van der Waals surface area (Å²) in [5.41, 5.74) is 1.13. The maximum absolute atomic E-state index is 5.35. The van der Waals surface area contributed by atoms with E-state index in [1.54, 1.807) is 0 Å². The lowest BCUT2D eigenvalue weighted by molar-refractivity contribution is 0.110. The molecule has 1 aliphatic rings. The fraction of sp³-hybridized carbons (Fsp3) is 0.625. The van der Waals surface area contributed by atoms with Gasteiger partial charge < -0.3 is 4.74 Å². The van der Waals surface area contributed by atoms with Gasteiger partial charge in [-0.1, -0.05) is 6.08 Å². The Labute approximate surface area is 61.6 Å². The van der Waals surface area contributed by atoms with E-state index < -0.39 is 0 Å². The molecule has 0 fully saturated rings. The lowest BCUT2D eigenvalue weighted by Gasteiger charge is -2.05. The number of rotatable bonds is 3. The maximum atomic E-state index is 5.35. The second-order valence-corrected chi connectivity index (χ2v) is 2.64. The Balaban J connectivity index is 2.15. The molecule has 0 unspecified atom stereocenters. The van der Waals surface area contributed by atoms with Gasteiger partial charge >= 0.3 is 0 Å². The zero-order chi connectivity index (χ0) is 7.40. The van der Waals surface area contributed by atoms with Gasteiger partial charge in [0.1, 0.15) is 0 Å². The molecule has 0 aromatic rings. The molecule has 56 valence electrons. The minimum Gasteiger partial charge on any atom is -0.373 e. The Hall–Kier alpha value is -0.630. The third kappa shape index (κ3) is 2.31. The summed E-state index contributed by atoms with van der Waals surface area (Å²) in [4.78, 5) is 4.12. The third-order valence-corrected chi connectivity index (χ3v) is 1.30. The largest absolute Gasteiger partial charge is 0.373 e. The monoisotopic (exact) mass is 139 g/mol. The van der Waals surface area contributed by atoms with Crippen molar-refractivity contribution in [2.75, 3.05) is 6.61 Å². The van der Waals surface area contributed by atoms with E-state index in [0.717, 1.165) is 12.1 Å². The second-order valence-electron chi connectivity index (χ2n) is 2.64. The summed E-state index contributed by atoms with van der Waals surface area (Å²) in [6.07, 6.45) is 5.15. The molecule has 0 bridgehead atoms. The Morgan fingerprint density at radius 1 is 1.70 bits per heavy atom. The van der Waals surface area contributed by atoms with Crippen LogP contribution in [0.1, 0.15) is 20.3 Å². The van der Waals surface area contributed by atoms with Crippen LogP contribution in [-0.4, -0.2) is 18.4 Å². The molecular formula is C8H13NO. The van der Waals surface area contributed by atoms with Crippen molar-refractivity contribution in [1.82, 2.24) is 0 Å². The number of aliphatic imine (C=N–C) groups is 1. The first-order valence-electron chi connectivity index (χ1n) is 3.61. The van der Waals surface area contributed by atoms with Crippen molar-refractivity contribution < 1.29 is 4.74 Å². The van der Waals surface area contributed by atoms with Gasteiger partial charge in [0.15, 0.2) is 0 Å². The molecule has 1 heterocycles. The Morgan fingerprint density at radius 3 is 3.00 bits per heavy atom. The van der Waals surface area contributed by atoms with Gasteiger partial charge in [0.25, 0.3) is 0 Å². The summed E-state index contributed by atoms with van der Waals surface area (Å²) >= 11 is 0. The van der Waals surface area contributed by atoms with Crippen molar-refractivity contribution in [3.05, 3.63) is 12.3 Å². The van der Waals surface area contributed by atoms with E-state index in [-0.39, 0.29) is 0 Å². The van der Waals surface area contributed by atoms with Crippen LogP contribution in [0, 0.1) is 0 Å². The van der Waals surface area contributed by atoms with Crippen LogP contribution in [0.25, 0.3) is 0 Å². The zero-order valence-electron chi connectivity index (χ0n) is 6.50. The van der Waals surface area contributed by atoms with Gasteiger partial charge in [0.05, 0.1) is 12.7 Å². The van der Waals surface area contributed by atoms with Crippen molar-refractivity contribution in [2.24, 2.45) is 4.99 Å². The van der Waals surface area contributed by atoms with E-state index >= 15 is 0 Å². The SMILES string of the molecule is CC(C)OCC1=NC=CC1. The van der Waals surface area contributed by atoms with Crippen molar-refractivity contribution in [1.29, 1.82) is 0 Å². The van der Waals surface area contributed by atoms with Gasteiger partial charge in [-0.15, -0.1) is 0 Å². The summed E-state index contributed by atoms with van der Waals surface area (Å²) in [5, 5.41) is 0. The van der Waals surface area contributed by atoms with E-state index in [4.69, 9.17) is 4.74 Å². The molecule has 2 nitrogen and oxygen atoms in total. The zero-order valence-corrected chi connectivity index (χ0v) is 6.50. The van der Waals surface area contributed by atoms with Crippen LogP contribution in [-0.2, 0) is 4.74 Å². The van der Waals surface area contributed by atoms with Gasteiger partial charge in [0, 0.05) is 18.3 Å². The highest BCUT2D eigenvalue weighted by atomic mass is 16.5. The topological polar surface area (TPSA) is 21.6 Å². The number of ether oxygens (including phenoxy) is 1. The van der Waals surface area contributed by atoms with E-state index in [9.17, 15) is 0 Å². The predicted molar refractivity (Wildman–Crippen MR) is 42.3 cm³/mol. The quantitative estimate of drug-likeness (QED) is 0.584. The minimum absolute atomic E-state index is 0.309. The third-order valence-electron chi connectivity index (χ3n) is 1.30. The van der Waals surface area contributed by atoms with E-state index in [2.05, 4.69) is 4.99 Å². The molecule has 0 atom stereocenters. The summed E-state index contributed by atoms with van der Waals surface area (Å²) < 4.78 is 5.35. The normalized spacial score (nSPS) is 16.5. The molecule has 0 saturated carbocycles. The summed E-state index contributed by atoms with van der Waals surface area (Å²) in [7, 11) is 0. The average molecular weight is 139 g/mol. The Morgan fingerprint density at radius 2 is 2.50 bits per heavy atom. The summed E-state index contributed by atoms with van der Waals surface area (Å²) in [6.45, 7) is 4.75. The Bertz CT molecular complexity index is 159. The highest BCUT2D eigenvalue weighted by Crippen LogP contribution is 2.01. The first kappa shape index (κ1) is 7.48. The molecule has 1 rings (SSSR count). The fourth-order valence-corrected chi connectivity index (χ4v) is 0.759. The molecule has 2 heteroatoms. The molecule has 0 N–H and O–H groups in total. The first-order valence-corrected chi connectivity index (χ1v) is 3.61. The van der Waals surface area contributed by atoms with Crippen molar-refractivity contribution in [3.8, 4) is 0 Å². The molecule has 10 heavy (non-hydrogen) atoms. The highest BCUT2D eigenvalue weighted by Gasteiger charge is 2.01. The standard InChI is InChI=1S/C8H13NO/c1-7(2)10-6-8-4-3-5-9-8/h3,5,7H,4,6H2,1-2H3. The summed E-state index contributed by atoms with van der Waals surface area (Å²) in [6, 6.07) is 0. The Kier molecular flexibility index (Phi) is 2.63. The molecule has 0 aromatic carbocycles. The minimum atomic E-state index is 0.309. The van der Waals surface area contributed by atoms with E-state index in [1.807, 2.05) is 26.1 Å². The van der Waals surface area contributed by atoms with E-state index in [0.29, 0.717) is 12.7 Å². The van der Waals surface area contributed by atoms with Crippen molar-refractivity contribution in [2.45, 2.75) is 26.4 Å². The van der Waals surface area contributed by atoms with Gasteiger partial charge in [-0.3, -0.25) is 4.99 Å². The number of hydrogen-bond donors (Lipinski definition) is 0. The lowest BCUT2D eigenvalue weighted by atomic mass is 10.3. The maximum Gasteiger partial charge on any atom is 0.0855 e. The van der Waals surface area contributed by atoms with Gasteiger partial charge in [-0.25, -0.2) is 0 Å². The van der Waals surface area contributed by atoms with Crippen LogP contribution >= 0.6 is 0 Å². The van der Waals surface area contributed by atoms with Crippen molar-refractivity contribution in [3.63, 3.8) is 0 Å². The van der Waals surface area contributed by atoms with Crippen LogP contribution < -0.4 is 0 Å². The van der Waals surface area contributed by atoms with Gasteiger partial charge in [-0.2, -0.15) is 0 Å². The molecule has 1 aliphatic heterocycles. The molecular weight excluding hydrogens is 126 g/mol. The van der Waals surface area contributed by atoms with Crippen LogP contribution in [0.2, 0.25) is 0 Å². The molecule has 0 radical (unpaired) electrons. The van der Waals surface area contributed by atoms with Gasteiger partial charge in [-0.05, 0) is 13.8 Å². The van der Waals surface area contributed by atoms with Crippen LogP contribution in [0.3, 0.4) is 0 Å². The van der Waals surface area contributed by atoms with Crippen LogP contribution in [0.4, 0.5) is 0 Å². The fourth-order valence-electron chi connectivity index (χ4n) is 0.759. The smallest absolute Gasteiger partial charge is 0.0855 e. The molecule has 0 aliphatic carbocycles. The first-order chi connectivity index (χ1) is 4.79. The molecule has 0 aromatic heterocycles. The van der Waals surface area contributed by atoms with E-state index in [1.165, 1.54) is 0 Å². The second kappa shape index (κ2) is 3.52. The molecule has 0 spiro atoms. The summed E-state index contributed by atoms with van der Waals surface area (Å²) in [5.74, 6) is 0. The predicted octanol–water partition coefficient (Wildman–Crippen LogP) is 1.77.